The molecule has 1 N–H and O–H groups in total. The van der Waals surface area contributed by atoms with E-state index in [4.69, 9.17) is 0 Å². The highest BCUT2D eigenvalue weighted by Crippen LogP contribution is 2.32. The normalized spacial score (nSPS) is 11.3. The van der Waals surface area contributed by atoms with Gasteiger partial charge in [-0.3, -0.25) is 4.79 Å². The Morgan fingerprint density at radius 3 is 2.40 bits per heavy atom. The van der Waals surface area contributed by atoms with Gasteiger partial charge >= 0.3 is 6.18 Å². The van der Waals surface area contributed by atoms with Gasteiger partial charge in [-0.05, 0) is 19.1 Å². The van der Waals surface area contributed by atoms with Crippen LogP contribution in [0.4, 0.5) is 13.2 Å². The number of aryl methyl sites for hydroxylation is 1. The molecule has 1 aromatic rings. The molecule has 1 rings (SSSR count). The summed E-state index contributed by atoms with van der Waals surface area (Å²) in [6.07, 6.45) is -4.50. The molecule has 0 radical (unpaired) electrons. The summed E-state index contributed by atoms with van der Waals surface area (Å²) in [6.45, 7) is 1.63. The fraction of sp³-hybridized carbons (Fsp3) is 0.300. The lowest BCUT2D eigenvalue weighted by Crippen LogP contribution is -2.22. The van der Waals surface area contributed by atoms with Crippen molar-refractivity contribution in [3.05, 3.63) is 34.9 Å². The Morgan fingerprint density at radius 1 is 1.33 bits per heavy atom. The third-order valence-electron chi connectivity index (χ3n) is 1.95. The van der Waals surface area contributed by atoms with Crippen molar-refractivity contribution >= 4 is 5.91 Å². The van der Waals surface area contributed by atoms with E-state index in [2.05, 4.69) is 5.32 Å². The SMILES string of the molecule is CNC(=O)c1cc(C)ccc1C(F)(F)F. The van der Waals surface area contributed by atoms with Crippen molar-refractivity contribution in [2.24, 2.45) is 0 Å². The van der Waals surface area contributed by atoms with Crippen molar-refractivity contribution in [1.82, 2.24) is 5.32 Å². The van der Waals surface area contributed by atoms with Gasteiger partial charge in [-0.2, -0.15) is 13.2 Å². The van der Waals surface area contributed by atoms with E-state index in [0.29, 0.717) is 5.56 Å². The van der Waals surface area contributed by atoms with E-state index in [0.717, 1.165) is 6.07 Å². The van der Waals surface area contributed by atoms with Crippen LogP contribution < -0.4 is 5.32 Å². The molecule has 82 valence electrons. The molecular formula is C10H10F3NO. The average molecular weight is 217 g/mol. The molecule has 0 saturated heterocycles. The predicted octanol–water partition coefficient (Wildman–Crippen LogP) is 2.37. The minimum absolute atomic E-state index is 0.343. The molecule has 0 saturated carbocycles. The first-order valence-corrected chi connectivity index (χ1v) is 4.26. The zero-order chi connectivity index (χ0) is 11.6. The summed E-state index contributed by atoms with van der Waals surface area (Å²) in [6, 6.07) is 3.47. The zero-order valence-electron chi connectivity index (χ0n) is 8.27. The number of amides is 1. The van der Waals surface area contributed by atoms with E-state index in [1.54, 1.807) is 6.92 Å². The largest absolute Gasteiger partial charge is 0.417 e. The number of halogens is 3. The van der Waals surface area contributed by atoms with Gasteiger partial charge in [0.15, 0.2) is 0 Å². The first-order valence-electron chi connectivity index (χ1n) is 4.26. The van der Waals surface area contributed by atoms with E-state index in [-0.39, 0.29) is 5.56 Å². The van der Waals surface area contributed by atoms with Crippen LogP contribution in [0.3, 0.4) is 0 Å². The van der Waals surface area contributed by atoms with Crippen molar-refractivity contribution < 1.29 is 18.0 Å². The van der Waals surface area contributed by atoms with E-state index in [1.165, 1.54) is 19.2 Å². The van der Waals surface area contributed by atoms with Crippen LogP contribution in [0.25, 0.3) is 0 Å². The van der Waals surface area contributed by atoms with Crippen molar-refractivity contribution in [3.63, 3.8) is 0 Å². The maximum Gasteiger partial charge on any atom is 0.417 e. The molecule has 1 aromatic carbocycles. The highest BCUT2D eigenvalue weighted by Gasteiger charge is 2.34. The Kier molecular flexibility index (Phi) is 3.02. The number of alkyl halides is 3. The molecule has 0 unspecified atom stereocenters. The number of hydrogen-bond acceptors (Lipinski definition) is 1. The van der Waals surface area contributed by atoms with Gasteiger partial charge in [0.25, 0.3) is 5.91 Å². The number of carbonyl (C=O) groups excluding carboxylic acids is 1. The summed E-state index contributed by atoms with van der Waals surface area (Å²) in [7, 11) is 1.30. The lowest BCUT2D eigenvalue weighted by molar-refractivity contribution is -0.137. The lowest BCUT2D eigenvalue weighted by atomic mass is 10.0. The molecule has 0 atom stereocenters. The summed E-state index contributed by atoms with van der Waals surface area (Å²) >= 11 is 0. The van der Waals surface area contributed by atoms with Gasteiger partial charge in [-0.25, -0.2) is 0 Å². The molecule has 15 heavy (non-hydrogen) atoms. The number of hydrogen-bond donors (Lipinski definition) is 1. The van der Waals surface area contributed by atoms with Gasteiger partial charge in [0, 0.05) is 7.05 Å². The Morgan fingerprint density at radius 2 is 1.93 bits per heavy atom. The molecule has 0 aromatic heterocycles. The Balaban J connectivity index is 3.33. The van der Waals surface area contributed by atoms with Crippen molar-refractivity contribution in [3.8, 4) is 0 Å². The topological polar surface area (TPSA) is 29.1 Å². The number of benzene rings is 1. The van der Waals surface area contributed by atoms with Crippen LogP contribution in [0.15, 0.2) is 18.2 Å². The van der Waals surface area contributed by atoms with Crippen LogP contribution in [0.2, 0.25) is 0 Å². The second kappa shape index (κ2) is 3.92. The minimum Gasteiger partial charge on any atom is -0.355 e. The Hall–Kier alpha value is -1.52. The maximum absolute atomic E-state index is 12.5. The van der Waals surface area contributed by atoms with Crippen LogP contribution in [0.1, 0.15) is 21.5 Å². The molecule has 5 heteroatoms. The minimum atomic E-state index is -4.50. The fourth-order valence-corrected chi connectivity index (χ4v) is 1.23. The summed E-state index contributed by atoms with van der Waals surface area (Å²) < 4.78 is 37.5. The Bertz CT molecular complexity index is 385. The van der Waals surface area contributed by atoms with Crippen LogP contribution in [-0.2, 0) is 6.18 Å². The van der Waals surface area contributed by atoms with Gasteiger partial charge in [0.05, 0.1) is 11.1 Å². The summed E-state index contributed by atoms with van der Waals surface area (Å²) in [5.41, 5.74) is -0.640. The quantitative estimate of drug-likeness (QED) is 0.768. The van der Waals surface area contributed by atoms with E-state index in [9.17, 15) is 18.0 Å². The molecular weight excluding hydrogens is 207 g/mol. The highest BCUT2D eigenvalue weighted by atomic mass is 19.4. The van der Waals surface area contributed by atoms with Crippen LogP contribution in [0, 0.1) is 6.92 Å². The standard InChI is InChI=1S/C10H10F3NO/c1-6-3-4-8(10(11,12)13)7(5-6)9(15)14-2/h3-5H,1-2H3,(H,14,15). The van der Waals surface area contributed by atoms with Gasteiger partial charge in [-0.1, -0.05) is 11.6 Å². The maximum atomic E-state index is 12.5. The molecule has 0 heterocycles. The van der Waals surface area contributed by atoms with Crippen molar-refractivity contribution in [1.29, 1.82) is 0 Å². The van der Waals surface area contributed by atoms with E-state index >= 15 is 0 Å². The van der Waals surface area contributed by atoms with E-state index in [1.807, 2.05) is 0 Å². The van der Waals surface area contributed by atoms with Gasteiger partial charge in [0.1, 0.15) is 0 Å². The monoisotopic (exact) mass is 217 g/mol. The second-order valence-corrected chi connectivity index (χ2v) is 3.13. The van der Waals surface area contributed by atoms with Crippen LogP contribution in [0.5, 0.6) is 0 Å². The molecule has 0 bridgehead atoms. The van der Waals surface area contributed by atoms with Crippen molar-refractivity contribution in [2.75, 3.05) is 7.05 Å². The number of carbonyl (C=O) groups is 1. The third-order valence-corrected chi connectivity index (χ3v) is 1.95. The second-order valence-electron chi connectivity index (χ2n) is 3.13. The highest BCUT2D eigenvalue weighted by molar-refractivity contribution is 5.95. The van der Waals surface area contributed by atoms with E-state index < -0.39 is 17.6 Å². The predicted molar refractivity (Wildman–Crippen MR) is 49.6 cm³/mol. The van der Waals surface area contributed by atoms with Crippen LogP contribution >= 0.6 is 0 Å². The third kappa shape index (κ3) is 2.49. The summed E-state index contributed by atoms with van der Waals surface area (Å²) in [5.74, 6) is -0.731. The molecule has 1 amide bonds. The van der Waals surface area contributed by atoms with Gasteiger partial charge < -0.3 is 5.32 Å². The molecule has 2 nitrogen and oxygen atoms in total. The molecule has 0 spiro atoms. The molecule has 0 aliphatic heterocycles. The summed E-state index contributed by atoms with van der Waals surface area (Å²) in [4.78, 5) is 11.2. The zero-order valence-corrected chi connectivity index (χ0v) is 8.27. The first-order chi connectivity index (χ1) is 6.86. The number of rotatable bonds is 1. The fourth-order valence-electron chi connectivity index (χ4n) is 1.23. The molecule has 0 aliphatic rings. The van der Waals surface area contributed by atoms with Crippen molar-refractivity contribution in [2.45, 2.75) is 13.1 Å². The smallest absolute Gasteiger partial charge is 0.355 e. The first kappa shape index (κ1) is 11.6. The molecule has 0 fully saturated rings. The van der Waals surface area contributed by atoms with Gasteiger partial charge in [0.2, 0.25) is 0 Å². The van der Waals surface area contributed by atoms with Gasteiger partial charge in [-0.15, -0.1) is 0 Å². The summed E-state index contributed by atoms with van der Waals surface area (Å²) in [5, 5.41) is 2.18. The molecule has 0 aliphatic carbocycles. The van der Waals surface area contributed by atoms with Crippen LogP contribution in [-0.4, -0.2) is 13.0 Å². The Labute approximate surface area is 85.1 Å². The number of nitrogens with one attached hydrogen (secondary N) is 1. The lowest BCUT2D eigenvalue weighted by Gasteiger charge is -2.12. The average Bonchev–Trinajstić information content (AvgIpc) is 2.14.